The van der Waals surface area contributed by atoms with E-state index in [0.29, 0.717) is 0 Å². The zero-order valence-electron chi connectivity index (χ0n) is 13.9. The molecule has 1 aromatic carbocycles. The Bertz CT molecular complexity index is 451. The Balaban J connectivity index is 3.30. The van der Waals surface area contributed by atoms with Crippen molar-refractivity contribution in [3.8, 4) is 5.75 Å². The summed E-state index contributed by atoms with van der Waals surface area (Å²) in [6, 6.07) is 4.09. The van der Waals surface area contributed by atoms with Crippen molar-refractivity contribution >= 4 is 0 Å². The quantitative estimate of drug-likeness (QED) is 0.865. The number of aliphatic hydroxyl groups is 1. The Morgan fingerprint density at radius 3 is 2.20 bits per heavy atom. The fourth-order valence-electron chi connectivity index (χ4n) is 3.02. The van der Waals surface area contributed by atoms with Gasteiger partial charge in [-0.25, -0.2) is 0 Å². The number of likely N-dealkylation sites (N-methyl/N-ethyl adjacent to an activating group) is 1. The maximum atomic E-state index is 10.9. The van der Waals surface area contributed by atoms with E-state index >= 15 is 0 Å². The highest BCUT2D eigenvalue weighted by atomic mass is 16.5. The summed E-state index contributed by atoms with van der Waals surface area (Å²) in [5.74, 6) is 0.773. The molecule has 1 unspecified atom stereocenters. The highest BCUT2D eigenvalue weighted by Gasteiger charge is 2.36. The van der Waals surface area contributed by atoms with E-state index in [0.717, 1.165) is 35.5 Å². The third-order valence-corrected chi connectivity index (χ3v) is 4.23. The van der Waals surface area contributed by atoms with Crippen molar-refractivity contribution in [3.63, 3.8) is 0 Å². The van der Waals surface area contributed by atoms with Crippen molar-refractivity contribution < 1.29 is 9.84 Å². The van der Waals surface area contributed by atoms with Gasteiger partial charge in [-0.3, -0.25) is 4.90 Å². The lowest BCUT2D eigenvalue weighted by Gasteiger charge is -2.41. The van der Waals surface area contributed by atoms with E-state index in [-0.39, 0.29) is 5.54 Å². The van der Waals surface area contributed by atoms with Gasteiger partial charge in [-0.05, 0) is 58.0 Å². The van der Waals surface area contributed by atoms with E-state index in [1.54, 1.807) is 7.11 Å². The number of aliphatic hydroxyl groups excluding tert-OH is 1. The van der Waals surface area contributed by atoms with Crippen LogP contribution in [0.5, 0.6) is 5.75 Å². The first-order chi connectivity index (χ1) is 9.29. The number of rotatable bonds is 6. The molecule has 3 nitrogen and oxygen atoms in total. The molecule has 114 valence electrons. The predicted octanol–water partition coefficient (Wildman–Crippen LogP) is 3.47. The first-order valence-electron chi connectivity index (χ1n) is 7.37. The molecule has 1 N–H and O–H groups in total. The first kappa shape index (κ1) is 17.0. The highest BCUT2D eigenvalue weighted by Crippen LogP contribution is 2.38. The molecule has 3 heteroatoms. The standard InChI is InChI=1S/C17H29NO2/c1-8-18(9-2)17(5,6)16(19)15-13(4)10-12(3)11-14(15)20-7/h10-11,16,19H,8-9H2,1-7H3. The van der Waals surface area contributed by atoms with Crippen LogP contribution in [-0.2, 0) is 0 Å². The Labute approximate surface area is 123 Å². The van der Waals surface area contributed by atoms with Gasteiger partial charge in [0.25, 0.3) is 0 Å². The van der Waals surface area contributed by atoms with Crippen LogP contribution in [-0.4, -0.2) is 35.7 Å². The van der Waals surface area contributed by atoms with Gasteiger partial charge in [0.1, 0.15) is 11.9 Å². The van der Waals surface area contributed by atoms with Crippen molar-refractivity contribution in [3.05, 3.63) is 28.8 Å². The van der Waals surface area contributed by atoms with Crippen molar-refractivity contribution in [2.75, 3.05) is 20.2 Å². The van der Waals surface area contributed by atoms with E-state index in [1.807, 2.05) is 19.9 Å². The Hall–Kier alpha value is -1.06. The number of methoxy groups -OCH3 is 1. The van der Waals surface area contributed by atoms with Crippen LogP contribution in [0.4, 0.5) is 0 Å². The van der Waals surface area contributed by atoms with E-state index in [4.69, 9.17) is 4.74 Å². The van der Waals surface area contributed by atoms with E-state index in [9.17, 15) is 5.11 Å². The van der Waals surface area contributed by atoms with Gasteiger partial charge in [-0.2, -0.15) is 0 Å². The van der Waals surface area contributed by atoms with Crippen LogP contribution < -0.4 is 4.74 Å². The molecule has 1 aromatic rings. The SMILES string of the molecule is CCN(CC)C(C)(C)C(O)c1c(C)cc(C)cc1OC. The molecular formula is C17H29NO2. The normalized spacial score (nSPS) is 13.7. The fourth-order valence-corrected chi connectivity index (χ4v) is 3.02. The number of benzene rings is 1. The molecule has 0 amide bonds. The molecule has 20 heavy (non-hydrogen) atoms. The summed E-state index contributed by atoms with van der Waals surface area (Å²) in [7, 11) is 1.66. The Kier molecular flexibility index (Phi) is 5.60. The van der Waals surface area contributed by atoms with E-state index < -0.39 is 6.10 Å². The van der Waals surface area contributed by atoms with Crippen LogP contribution in [0.15, 0.2) is 12.1 Å². The zero-order chi connectivity index (χ0) is 15.5. The summed E-state index contributed by atoms with van der Waals surface area (Å²) in [4.78, 5) is 2.27. The second kappa shape index (κ2) is 6.59. The molecule has 0 bridgehead atoms. The summed E-state index contributed by atoms with van der Waals surface area (Å²) < 4.78 is 5.49. The summed E-state index contributed by atoms with van der Waals surface area (Å²) in [6.45, 7) is 14.3. The van der Waals surface area contributed by atoms with Crippen molar-refractivity contribution in [2.45, 2.75) is 53.2 Å². The molecule has 0 aliphatic heterocycles. The minimum atomic E-state index is -0.585. The minimum Gasteiger partial charge on any atom is -0.496 e. The minimum absolute atomic E-state index is 0.337. The van der Waals surface area contributed by atoms with Gasteiger partial charge < -0.3 is 9.84 Å². The van der Waals surface area contributed by atoms with Crippen molar-refractivity contribution in [1.82, 2.24) is 4.90 Å². The summed E-state index contributed by atoms with van der Waals surface area (Å²) in [6.07, 6.45) is -0.585. The maximum absolute atomic E-state index is 10.9. The third kappa shape index (κ3) is 3.15. The predicted molar refractivity (Wildman–Crippen MR) is 84.4 cm³/mol. The maximum Gasteiger partial charge on any atom is 0.125 e. The van der Waals surface area contributed by atoms with Gasteiger partial charge in [0.15, 0.2) is 0 Å². The largest absolute Gasteiger partial charge is 0.496 e. The van der Waals surface area contributed by atoms with Gasteiger partial charge >= 0.3 is 0 Å². The van der Waals surface area contributed by atoms with Gasteiger partial charge in [-0.1, -0.05) is 19.9 Å². The number of aryl methyl sites for hydroxylation is 2. The Morgan fingerprint density at radius 2 is 1.75 bits per heavy atom. The van der Waals surface area contributed by atoms with Crippen molar-refractivity contribution in [2.24, 2.45) is 0 Å². The van der Waals surface area contributed by atoms with Crippen LogP contribution in [0.1, 0.15) is 50.5 Å². The van der Waals surface area contributed by atoms with Crippen LogP contribution in [0, 0.1) is 13.8 Å². The second-order valence-corrected chi connectivity index (χ2v) is 5.93. The summed E-state index contributed by atoms with van der Waals surface area (Å²) in [5.41, 5.74) is 2.79. The number of hydrogen-bond acceptors (Lipinski definition) is 3. The topological polar surface area (TPSA) is 32.7 Å². The fraction of sp³-hybridized carbons (Fsp3) is 0.647. The number of nitrogens with zero attached hydrogens (tertiary/aromatic N) is 1. The molecule has 0 radical (unpaired) electrons. The summed E-state index contributed by atoms with van der Waals surface area (Å²) >= 11 is 0. The first-order valence-corrected chi connectivity index (χ1v) is 7.37. The highest BCUT2D eigenvalue weighted by molar-refractivity contribution is 5.45. The number of ether oxygens (including phenoxy) is 1. The average molecular weight is 279 g/mol. The molecule has 0 saturated carbocycles. The average Bonchev–Trinajstić information content (AvgIpc) is 2.38. The van der Waals surface area contributed by atoms with E-state index in [1.165, 1.54) is 0 Å². The van der Waals surface area contributed by atoms with Crippen molar-refractivity contribution in [1.29, 1.82) is 0 Å². The second-order valence-electron chi connectivity index (χ2n) is 5.93. The molecule has 0 saturated heterocycles. The molecule has 1 atom stereocenters. The lowest BCUT2D eigenvalue weighted by Crippen LogP contribution is -2.48. The van der Waals surface area contributed by atoms with Crippen LogP contribution in [0.3, 0.4) is 0 Å². The Morgan fingerprint density at radius 1 is 1.20 bits per heavy atom. The molecule has 1 rings (SSSR count). The third-order valence-electron chi connectivity index (χ3n) is 4.23. The molecule has 0 aromatic heterocycles. The zero-order valence-corrected chi connectivity index (χ0v) is 13.9. The molecule has 0 aliphatic carbocycles. The number of hydrogen-bond donors (Lipinski definition) is 1. The van der Waals surface area contributed by atoms with Crippen LogP contribution >= 0.6 is 0 Å². The molecule has 0 fully saturated rings. The molecule has 0 aliphatic rings. The van der Waals surface area contributed by atoms with Crippen LogP contribution in [0.2, 0.25) is 0 Å². The van der Waals surface area contributed by atoms with Gasteiger partial charge in [0.2, 0.25) is 0 Å². The van der Waals surface area contributed by atoms with E-state index in [2.05, 4.69) is 38.7 Å². The monoisotopic (exact) mass is 279 g/mol. The van der Waals surface area contributed by atoms with Crippen LogP contribution in [0.25, 0.3) is 0 Å². The lowest BCUT2D eigenvalue weighted by atomic mass is 9.86. The summed E-state index contributed by atoms with van der Waals surface area (Å²) in [5, 5.41) is 10.9. The lowest BCUT2D eigenvalue weighted by molar-refractivity contribution is -0.00777. The van der Waals surface area contributed by atoms with Gasteiger partial charge in [-0.15, -0.1) is 0 Å². The molecule has 0 spiro atoms. The smallest absolute Gasteiger partial charge is 0.125 e. The molecular weight excluding hydrogens is 250 g/mol. The molecule has 0 heterocycles. The van der Waals surface area contributed by atoms with Gasteiger partial charge in [0, 0.05) is 11.1 Å². The van der Waals surface area contributed by atoms with Gasteiger partial charge in [0.05, 0.1) is 7.11 Å².